The lowest BCUT2D eigenvalue weighted by atomic mass is 9.97. The lowest BCUT2D eigenvalue weighted by molar-refractivity contribution is 0.0699. The zero-order valence-corrected chi connectivity index (χ0v) is 14.1. The van der Waals surface area contributed by atoms with Crippen molar-refractivity contribution in [3.8, 4) is 0 Å². The fourth-order valence-corrected chi connectivity index (χ4v) is 3.65. The number of benzene rings is 3. The van der Waals surface area contributed by atoms with Gasteiger partial charge in [0, 0.05) is 11.6 Å². The Morgan fingerprint density at radius 2 is 1.70 bits per heavy atom. The van der Waals surface area contributed by atoms with Gasteiger partial charge in [-0.3, -0.25) is 0 Å². The third kappa shape index (κ3) is 2.65. The maximum absolute atomic E-state index is 11.7. The Labute approximate surface area is 142 Å². The Hall–Kier alpha value is -1.82. The maximum Gasteiger partial charge on any atom is 0.336 e. The van der Waals surface area contributed by atoms with Gasteiger partial charge in [-0.1, -0.05) is 35.3 Å². The van der Waals surface area contributed by atoms with E-state index in [1.165, 1.54) is 24.3 Å². The van der Waals surface area contributed by atoms with E-state index in [1.54, 1.807) is 12.1 Å². The van der Waals surface area contributed by atoms with Crippen molar-refractivity contribution < 1.29 is 18.3 Å². The molecule has 0 spiro atoms. The zero-order valence-electron chi connectivity index (χ0n) is 11.8. The second kappa shape index (κ2) is 5.37. The molecule has 1 N–H and O–H groups in total. The van der Waals surface area contributed by atoms with Crippen LogP contribution in [0.4, 0.5) is 0 Å². The summed E-state index contributed by atoms with van der Waals surface area (Å²) in [4.78, 5) is 11.7. The molecule has 23 heavy (non-hydrogen) atoms. The van der Waals surface area contributed by atoms with Crippen LogP contribution in [0.3, 0.4) is 0 Å². The van der Waals surface area contributed by atoms with Crippen LogP contribution in [0.15, 0.2) is 41.3 Å². The highest BCUT2D eigenvalue weighted by atomic mass is 35.5. The summed E-state index contributed by atoms with van der Waals surface area (Å²) in [6.45, 7) is 0. The Morgan fingerprint density at radius 3 is 2.30 bits per heavy atom. The number of rotatable bonds is 2. The molecule has 0 saturated heterocycles. The van der Waals surface area contributed by atoms with Gasteiger partial charge in [0.2, 0.25) is 0 Å². The summed E-state index contributed by atoms with van der Waals surface area (Å²) in [5, 5.41) is 12.0. The first-order chi connectivity index (χ1) is 10.7. The Bertz CT molecular complexity index is 1090. The van der Waals surface area contributed by atoms with Crippen LogP contribution in [0.2, 0.25) is 10.0 Å². The van der Waals surface area contributed by atoms with Gasteiger partial charge < -0.3 is 5.11 Å². The van der Waals surface area contributed by atoms with Crippen LogP contribution in [-0.4, -0.2) is 25.7 Å². The normalized spacial score (nSPS) is 12.0. The van der Waals surface area contributed by atoms with Crippen LogP contribution in [0.1, 0.15) is 10.4 Å². The summed E-state index contributed by atoms with van der Waals surface area (Å²) in [6.07, 6.45) is 1.09. The van der Waals surface area contributed by atoms with Gasteiger partial charge in [-0.05, 0) is 40.4 Å². The maximum atomic E-state index is 11.7. The molecule has 0 bridgehead atoms. The van der Waals surface area contributed by atoms with E-state index in [2.05, 4.69) is 0 Å². The molecule has 0 saturated carbocycles. The van der Waals surface area contributed by atoms with Gasteiger partial charge in [-0.25, -0.2) is 13.2 Å². The number of hydrogen-bond acceptors (Lipinski definition) is 3. The molecule has 0 fully saturated rings. The van der Waals surface area contributed by atoms with E-state index >= 15 is 0 Å². The third-order valence-corrected chi connectivity index (χ3v) is 5.55. The molecule has 0 radical (unpaired) electrons. The number of carbonyl (C=O) groups is 1. The van der Waals surface area contributed by atoms with Crippen molar-refractivity contribution in [2.75, 3.05) is 6.26 Å². The molecule has 0 amide bonds. The van der Waals surface area contributed by atoms with Crippen molar-refractivity contribution in [3.63, 3.8) is 0 Å². The van der Waals surface area contributed by atoms with E-state index in [0.717, 1.165) is 6.26 Å². The summed E-state index contributed by atoms with van der Waals surface area (Å²) in [5.74, 6) is -1.12. The molecule has 0 aliphatic heterocycles. The number of fused-ring (bicyclic) bond motifs is 3. The van der Waals surface area contributed by atoms with Gasteiger partial charge in [-0.15, -0.1) is 0 Å². The van der Waals surface area contributed by atoms with E-state index in [-0.39, 0.29) is 15.5 Å². The highest BCUT2D eigenvalue weighted by Crippen LogP contribution is 2.38. The summed E-state index contributed by atoms with van der Waals surface area (Å²) in [6, 6.07) is 9.09. The first-order valence-electron chi connectivity index (χ1n) is 6.48. The van der Waals surface area contributed by atoms with Crippen molar-refractivity contribution in [2.45, 2.75) is 4.90 Å². The second-order valence-electron chi connectivity index (χ2n) is 5.17. The lowest BCUT2D eigenvalue weighted by Gasteiger charge is -2.11. The number of aromatic carboxylic acids is 1. The molecule has 0 aliphatic carbocycles. The Kier molecular flexibility index (Phi) is 3.75. The number of carboxylic acids is 1. The largest absolute Gasteiger partial charge is 0.478 e. The fraction of sp³-hybridized carbons (Fsp3) is 0.0625. The summed E-state index contributed by atoms with van der Waals surface area (Å²) in [5.41, 5.74) is 0.0386. The van der Waals surface area contributed by atoms with Crippen molar-refractivity contribution in [1.82, 2.24) is 0 Å². The van der Waals surface area contributed by atoms with Gasteiger partial charge in [0.25, 0.3) is 0 Å². The minimum absolute atomic E-state index is 0.0386. The number of halogens is 2. The topological polar surface area (TPSA) is 71.4 Å². The predicted molar refractivity (Wildman–Crippen MR) is 91.5 cm³/mol. The van der Waals surface area contributed by atoms with E-state index in [0.29, 0.717) is 26.6 Å². The number of carboxylic acid groups (broad SMARTS) is 1. The highest BCUT2D eigenvalue weighted by Gasteiger charge is 2.17. The fourth-order valence-electron chi connectivity index (χ4n) is 2.57. The summed E-state index contributed by atoms with van der Waals surface area (Å²) < 4.78 is 23.4. The second-order valence-corrected chi connectivity index (χ2v) is 7.97. The minimum atomic E-state index is -3.41. The average molecular weight is 369 g/mol. The van der Waals surface area contributed by atoms with Crippen molar-refractivity contribution in [3.05, 3.63) is 52.0 Å². The van der Waals surface area contributed by atoms with Crippen LogP contribution >= 0.6 is 23.2 Å². The number of hydrogen-bond donors (Lipinski definition) is 1. The van der Waals surface area contributed by atoms with Crippen LogP contribution in [0.25, 0.3) is 21.5 Å². The molecule has 0 atom stereocenters. The molecular formula is C16H10Cl2O4S. The Balaban J connectivity index is 2.57. The van der Waals surface area contributed by atoms with Gasteiger partial charge in [0.15, 0.2) is 9.84 Å². The van der Waals surface area contributed by atoms with Crippen molar-refractivity contribution in [2.24, 2.45) is 0 Å². The molecule has 0 aromatic heterocycles. The van der Waals surface area contributed by atoms with Crippen LogP contribution in [0, 0.1) is 0 Å². The highest BCUT2D eigenvalue weighted by molar-refractivity contribution is 7.90. The summed E-state index contributed by atoms with van der Waals surface area (Å²) >= 11 is 12.3. The number of sulfone groups is 1. The van der Waals surface area contributed by atoms with Gasteiger partial charge >= 0.3 is 5.97 Å². The lowest BCUT2D eigenvalue weighted by Crippen LogP contribution is -2.00. The molecule has 3 aromatic rings. The molecule has 0 heterocycles. The van der Waals surface area contributed by atoms with Crippen LogP contribution < -0.4 is 0 Å². The molecular weight excluding hydrogens is 359 g/mol. The molecule has 3 aromatic carbocycles. The Morgan fingerprint density at radius 1 is 1.04 bits per heavy atom. The quantitative estimate of drug-likeness (QED) is 0.680. The van der Waals surface area contributed by atoms with E-state index < -0.39 is 15.8 Å². The third-order valence-electron chi connectivity index (χ3n) is 3.64. The smallest absolute Gasteiger partial charge is 0.336 e. The minimum Gasteiger partial charge on any atom is -0.478 e. The van der Waals surface area contributed by atoms with Crippen molar-refractivity contribution in [1.29, 1.82) is 0 Å². The van der Waals surface area contributed by atoms with E-state index in [1.807, 2.05) is 0 Å². The first-order valence-corrected chi connectivity index (χ1v) is 9.12. The monoisotopic (exact) mass is 368 g/mol. The molecule has 118 valence electrons. The zero-order chi connectivity index (χ0) is 16.9. The average Bonchev–Trinajstić information content (AvgIpc) is 2.48. The van der Waals surface area contributed by atoms with Gasteiger partial charge in [0.05, 0.1) is 20.5 Å². The molecule has 7 heteroatoms. The predicted octanol–water partition coefficient (Wildman–Crippen LogP) is 4.40. The SMILES string of the molecule is CS(=O)(=O)c1ccc2c(c1)cc(C(=O)O)c1ccc(Cl)c(Cl)c12. The summed E-state index contributed by atoms with van der Waals surface area (Å²) in [7, 11) is -3.41. The van der Waals surface area contributed by atoms with E-state index in [9.17, 15) is 18.3 Å². The molecule has 0 aliphatic rings. The molecule has 3 rings (SSSR count). The van der Waals surface area contributed by atoms with Crippen LogP contribution in [-0.2, 0) is 9.84 Å². The van der Waals surface area contributed by atoms with E-state index in [4.69, 9.17) is 23.2 Å². The van der Waals surface area contributed by atoms with Crippen molar-refractivity contribution >= 4 is 60.6 Å². The molecule has 4 nitrogen and oxygen atoms in total. The van der Waals surface area contributed by atoms with Gasteiger partial charge in [-0.2, -0.15) is 0 Å². The first kappa shape index (κ1) is 16.1. The standard InChI is InChI=1S/C16H10Cl2O4S/c1-23(21,22)9-2-3-10-8(6-9)7-12(16(19)20)11-4-5-13(17)15(18)14(10)11/h2-7H,1H3,(H,19,20). The van der Waals surface area contributed by atoms with Gasteiger partial charge in [0.1, 0.15) is 0 Å². The van der Waals surface area contributed by atoms with Crippen LogP contribution in [0.5, 0.6) is 0 Å². The molecule has 0 unspecified atom stereocenters.